The van der Waals surface area contributed by atoms with Crippen molar-refractivity contribution in [1.82, 2.24) is 0 Å². The summed E-state index contributed by atoms with van der Waals surface area (Å²) in [6, 6.07) is 0. The van der Waals surface area contributed by atoms with E-state index in [1.165, 1.54) is 25.7 Å². The molecule has 0 spiro atoms. The van der Waals surface area contributed by atoms with Gasteiger partial charge in [0.05, 0.1) is 33.0 Å². The molecule has 1 aliphatic carbocycles. The Morgan fingerprint density at radius 1 is 0.944 bits per heavy atom. The fourth-order valence-electron chi connectivity index (χ4n) is 2.02. The smallest absolute Gasteiger partial charge is 0.0701 e. The van der Waals surface area contributed by atoms with Crippen LogP contribution in [-0.2, 0) is 14.2 Å². The highest BCUT2D eigenvalue weighted by atomic mass is 16.5. The summed E-state index contributed by atoms with van der Waals surface area (Å²) in [4.78, 5) is 2.63. The van der Waals surface area contributed by atoms with Gasteiger partial charge >= 0.3 is 0 Å². The van der Waals surface area contributed by atoms with Crippen molar-refractivity contribution >= 4 is 0 Å². The lowest BCUT2D eigenvalue weighted by Gasteiger charge is -2.10. The largest absolute Gasteiger partial charge is 0.379 e. The maximum Gasteiger partial charge on any atom is 0.0701 e. The van der Waals surface area contributed by atoms with Crippen LogP contribution in [0.25, 0.3) is 10.4 Å². The van der Waals surface area contributed by atoms with Crippen molar-refractivity contribution < 1.29 is 14.2 Å². The first-order valence-corrected chi connectivity index (χ1v) is 6.67. The van der Waals surface area contributed by atoms with Crippen LogP contribution in [0.5, 0.6) is 0 Å². The molecule has 6 nitrogen and oxygen atoms in total. The maximum absolute atomic E-state index is 8.03. The third-order valence-electron chi connectivity index (χ3n) is 2.97. The fourth-order valence-corrected chi connectivity index (χ4v) is 2.02. The Labute approximate surface area is 108 Å². The average Bonchev–Trinajstić information content (AvgIpc) is 2.89. The van der Waals surface area contributed by atoms with E-state index in [2.05, 4.69) is 10.0 Å². The van der Waals surface area contributed by atoms with E-state index in [1.54, 1.807) is 0 Å². The number of nitrogens with zero attached hydrogens (tertiary/aromatic N) is 3. The van der Waals surface area contributed by atoms with Crippen molar-refractivity contribution in [3.05, 3.63) is 10.4 Å². The molecule has 1 aliphatic rings. The molecular formula is C12H23N3O3. The molecule has 104 valence electrons. The Bertz CT molecular complexity index is 239. The number of rotatable bonds is 11. The van der Waals surface area contributed by atoms with E-state index in [-0.39, 0.29) is 0 Å². The van der Waals surface area contributed by atoms with Gasteiger partial charge in [0, 0.05) is 18.1 Å². The summed E-state index contributed by atoms with van der Waals surface area (Å²) in [5.74, 6) is 0.772. The van der Waals surface area contributed by atoms with Crippen molar-refractivity contribution in [3.8, 4) is 0 Å². The molecule has 0 unspecified atom stereocenters. The van der Waals surface area contributed by atoms with Crippen molar-refractivity contribution in [1.29, 1.82) is 0 Å². The Hall–Kier alpha value is -0.810. The van der Waals surface area contributed by atoms with Gasteiger partial charge in [-0.25, -0.2) is 0 Å². The van der Waals surface area contributed by atoms with Gasteiger partial charge in [-0.05, 0) is 24.3 Å². The Morgan fingerprint density at radius 3 is 2.22 bits per heavy atom. The van der Waals surface area contributed by atoms with E-state index < -0.39 is 0 Å². The van der Waals surface area contributed by atoms with Gasteiger partial charge in [0.25, 0.3) is 0 Å². The lowest BCUT2D eigenvalue weighted by atomic mass is 10.1. The number of hydrogen-bond acceptors (Lipinski definition) is 4. The zero-order valence-corrected chi connectivity index (χ0v) is 10.9. The van der Waals surface area contributed by atoms with Crippen molar-refractivity contribution in [2.24, 2.45) is 11.0 Å². The number of hydrogen-bond donors (Lipinski definition) is 0. The van der Waals surface area contributed by atoms with Gasteiger partial charge in [0.2, 0.25) is 0 Å². The van der Waals surface area contributed by atoms with Crippen LogP contribution < -0.4 is 0 Å². The Balaban J connectivity index is 1.71. The van der Waals surface area contributed by atoms with Crippen LogP contribution in [0.1, 0.15) is 25.7 Å². The zero-order valence-electron chi connectivity index (χ0n) is 10.9. The zero-order chi connectivity index (χ0) is 12.9. The summed E-state index contributed by atoms with van der Waals surface area (Å²) in [6.45, 7) is 4.08. The van der Waals surface area contributed by atoms with Gasteiger partial charge in [-0.1, -0.05) is 18.0 Å². The van der Waals surface area contributed by atoms with E-state index in [0.717, 1.165) is 12.5 Å². The molecule has 1 saturated carbocycles. The first-order valence-electron chi connectivity index (χ1n) is 6.67. The van der Waals surface area contributed by atoms with Gasteiger partial charge in [-0.3, -0.25) is 0 Å². The van der Waals surface area contributed by atoms with Crippen LogP contribution in [0.15, 0.2) is 5.11 Å². The maximum atomic E-state index is 8.03. The molecule has 0 aromatic rings. The highest BCUT2D eigenvalue weighted by molar-refractivity contribution is 4.66. The molecule has 0 bridgehead atoms. The van der Waals surface area contributed by atoms with E-state index in [9.17, 15) is 0 Å². The lowest BCUT2D eigenvalue weighted by molar-refractivity contribution is 0.00894. The third-order valence-corrected chi connectivity index (χ3v) is 2.97. The first-order chi connectivity index (χ1) is 8.93. The summed E-state index contributed by atoms with van der Waals surface area (Å²) in [6.07, 6.45) is 5.36. The molecule has 0 saturated heterocycles. The molecule has 0 heterocycles. The molecule has 1 fully saturated rings. The summed E-state index contributed by atoms with van der Waals surface area (Å²) >= 11 is 0. The predicted molar refractivity (Wildman–Crippen MR) is 68.4 cm³/mol. The van der Waals surface area contributed by atoms with Gasteiger partial charge in [-0.2, -0.15) is 0 Å². The highest BCUT2D eigenvalue weighted by Gasteiger charge is 2.14. The normalized spacial score (nSPS) is 15.8. The number of azide groups is 1. The van der Waals surface area contributed by atoms with Crippen LogP contribution >= 0.6 is 0 Å². The van der Waals surface area contributed by atoms with Crippen LogP contribution in [-0.4, -0.2) is 46.2 Å². The number of ether oxygens (including phenoxy) is 3. The molecule has 0 amide bonds. The molecule has 0 radical (unpaired) electrons. The van der Waals surface area contributed by atoms with Gasteiger partial charge < -0.3 is 14.2 Å². The first kappa shape index (κ1) is 15.2. The topological polar surface area (TPSA) is 76.5 Å². The minimum absolute atomic E-state index is 0.376. The second kappa shape index (κ2) is 11.3. The molecular weight excluding hydrogens is 234 g/mol. The molecule has 18 heavy (non-hydrogen) atoms. The van der Waals surface area contributed by atoms with E-state index in [0.29, 0.717) is 39.6 Å². The van der Waals surface area contributed by atoms with Gasteiger partial charge in [0.1, 0.15) is 0 Å². The minimum Gasteiger partial charge on any atom is -0.379 e. The van der Waals surface area contributed by atoms with E-state index in [1.807, 2.05) is 0 Å². The molecule has 0 aromatic carbocycles. The molecule has 6 heteroatoms. The van der Waals surface area contributed by atoms with Crippen LogP contribution in [0.2, 0.25) is 0 Å². The second-order valence-electron chi connectivity index (χ2n) is 4.40. The van der Waals surface area contributed by atoms with Gasteiger partial charge in [-0.15, -0.1) is 0 Å². The highest BCUT2D eigenvalue weighted by Crippen LogP contribution is 2.24. The van der Waals surface area contributed by atoms with Crippen molar-refractivity contribution in [2.75, 3.05) is 46.2 Å². The van der Waals surface area contributed by atoms with Gasteiger partial charge in [0.15, 0.2) is 0 Å². The second-order valence-corrected chi connectivity index (χ2v) is 4.40. The molecule has 0 aliphatic heterocycles. The lowest BCUT2D eigenvalue weighted by Crippen LogP contribution is -2.13. The summed E-state index contributed by atoms with van der Waals surface area (Å²) in [5.41, 5.74) is 8.03. The monoisotopic (exact) mass is 257 g/mol. The average molecular weight is 257 g/mol. The van der Waals surface area contributed by atoms with Crippen molar-refractivity contribution in [2.45, 2.75) is 25.7 Å². The summed E-state index contributed by atoms with van der Waals surface area (Å²) in [5, 5.41) is 3.36. The molecule has 1 rings (SSSR count). The van der Waals surface area contributed by atoms with Crippen LogP contribution in [0.4, 0.5) is 0 Å². The predicted octanol–water partition coefficient (Wildman–Crippen LogP) is 2.54. The standard InChI is InChI=1S/C12H23N3O3/c13-15-14-5-6-16-7-8-17-9-10-18-11-12-3-1-2-4-12/h12H,1-11H2. The van der Waals surface area contributed by atoms with Crippen LogP contribution in [0.3, 0.4) is 0 Å². The molecule has 0 aromatic heterocycles. The molecule has 0 N–H and O–H groups in total. The summed E-state index contributed by atoms with van der Waals surface area (Å²) in [7, 11) is 0. The third kappa shape index (κ3) is 8.31. The van der Waals surface area contributed by atoms with Crippen molar-refractivity contribution in [3.63, 3.8) is 0 Å². The Morgan fingerprint density at radius 2 is 1.56 bits per heavy atom. The minimum atomic E-state index is 0.376. The molecule has 0 atom stereocenters. The SMILES string of the molecule is [N-]=[N+]=NCCOCCOCCOCC1CCCC1. The Kier molecular flexibility index (Phi) is 9.56. The van der Waals surface area contributed by atoms with E-state index >= 15 is 0 Å². The fraction of sp³-hybridized carbons (Fsp3) is 1.00. The summed E-state index contributed by atoms with van der Waals surface area (Å²) < 4.78 is 16.1. The van der Waals surface area contributed by atoms with Crippen LogP contribution in [0, 0.1) is 5.92 Å². The van der Waals surface area contributed by atoms with E-state index in [4.69, 9.17) is 19.7 Å². The quantitative estimate of drug-likeness (QED) is 0.247.